The summed E-state index contributed by atoms with van der Waals surface area (Å²) in [5.74, 6) is -0.0194. The van der Waals surface area contributed by atoms with Crippen molar-refractivity contribution in [3.63, 3.8) is 0 Å². The highest BCUT2D eigenvalue weighted by molar-refractivity contribution is 8.00. The number of rotatable bonds is 11. The Kier molecular flexibility index (Phi) is 10.4. The Morgan fingerprint density at radius 1 is 0.810 bits per heavy atom. The molecule has 0 bridgehead atoms. The van der Waals surface area contributed by atoms with Crippen molar-refractivity contribution in [1.29, 1.82) is 0 Å². The van der Waals surface area contributed by atoms with Gasteiger partial charge < -0.3 is 25.4 Å². The number of aryl methyl sites for hydroxylation is 1. The maximum atomic E-state index is 13.5. The number of benzene rings is 4. The summed E-state index contributed by atoms with van der Waals surface area (Å²) in [7, 11) is 3.02. The lowest BCUT2D eigenvalue weighted by molar-refractivity contribution is -0.114. The van der Waals surface area contributed by atoms with Gasteiger partial charge in [0.1, 0.15) is 5.70 Å². The number of hydrogen-bond donors (Lipinski definition) is 3. The Morgan fingerprint density at radius 2 is 1.55 bits per heavy atom. The number of methoxy groups -OCH3 is 2. The molecule has 0 spiro atoms. The van der Waals surface area contributed by atoms with Crippen LogP contribution in [0.25, 0.3) is 6.08 Å². The number of amides is 3. The SMILES string of the molecule is COc1cccc(/C=C(/NC(=O)c2ccccc2)C(=O)Nc2cccc(SCC(=O)Nc3ccccc3C)c2)c1OC. The van der Waals surface area contributed by atoms with Gasteiger partial charge in [-0.1, -0.05) is 54.6 Å². The van der Waals surface area contributed by atoms with Crippen LogP contribution in [0.5, 0.6) is 11.5 Å². The third kappa shape index (κ3) is 8.02. The molecular formula is C33H31N3O5S. The molecule has 0 saturated carbocycles. The van der Waals surface area contributed by atoms with Crippen molar-refractivity contribution in [2.45, 2.75) is 11.8 Å². The molecule has 9 heteroatoms. The Labute approximate surface area is 249 Å². The van der Waals surface area contributed by atoms with Crippen molar-refractivity contribution in [2.75, 3.05) is 30.6 Å². The molecule has 8 nitrogen and oxygen atoms in total. The average Bonchev–Trinajstić information content (AvgIpc) is 3.01. The summed E-state index contributed by atoms with van der Waals surface area (Å²) in [5.41, 5.74) is 3.20. The van der Waals surface area contributed by atoms with Gasteiger partial charge in [-0.15, -0.1) is 11.8 Å². The highest BCUT2D eigenvalue weighted by Gasteiger charge is 2.17. The number of carbonyl (C=O) groups is 3. The minimum Gasteiger partial charge on any atom is -0.493 e. The fraction of sp³-hybridized carbons (Fsp3) is 0.121. The first kappa shape index (κ1) is 30.0. The van der Waals surface area contributed by atoms with Crippen molar-refractivity contribution in [3.8, 4) is 11.5 Å². The van der Waals surface area contributed by atoms with Gasteiger partial charge in [0.25, 0.3) is 11.8 Å². The van der Waals surface area contributed by atoms with Crippen LogP contribution >= 0.6 is 11.8 Å². The second kappa shape index (κ2) is 14.6. The predicted molar refractivity (Wildman–Crippen MR) is 167 cm³/mol. The molecule has 0 unspecified atom stereocenters. The fourth-order valence-electron chi connectivity index (χ4n) is 4.03. The van der Waals surface area contributed by atoms with E-state index in [2.05, 4.69) is 16.0 Å². The Hall–Kier alpha value is -5.02. The lowest BCUT2D eigenvalue weighted by Crippen LogP contribution is -2.30. The van der Waals surface area contributed by atoms with E-state index in [9.17, 15) is 14.4 Å². The third-order valence-corrected chi connectivity index (χ3v) is 7.14. The Balaban J connectivity index is 1.52. The normalized spacial score (nSPS) is 10.9. The van der Waals surface area contributed by atoms with E-state index in [4.69, 9.17) is 9.47 Å². The highest BCUT2D eigenvalue weighted by atomic mass is 32.2. The first-order valence-electron chi connectivity index (χ1n) is 13.1. The molecule has 214 valence electrons. The van der Waals surface area contributed by atoms with Crippen molar-refractivity contribution in [1.82, 2.24) is 5.32 Å². The number of hydrogen-bond acceptors (Lipinski definition) is 6. The van der Waals surface area contributed by atoms with Gasteiger partial charge in [-0.25, -0.2) is 0 Å². The number of anilines is 2. The van der Waals surface area contributed by atoms with Gasteiger partial charge >= 0.3 is 0 Å². The van der Waals surface area contributed by atoms with Crippen LogP contribution in [0.15, 0.2) is 108 Å². The van der Waals surface area contributed by atoms with Crippen molar-refractivity contribution in [3.05, 3.63) is 119 Å². The number of ether oxygens (including phenoxy) is 2. The quantitative estimate of drug-likeness (QED) is 0.145. The van der Waals surface area contributed by atoms with Gasteiger partial charge in [-0.2, -0.15) is 0 Å². The predicted octanol–water partition coefficient (Wildman–Crippen LogP) is 6.15. The molecule has 3 N–H and O–H groups in total. The summed E-state index contributed by atoms with van der Waals surface area (Å²) in [5, 5.41) is 8.50. The van der Waals surface area contributed by atoms with Crippen molar-refractivity contribution >= 4 is 46.9 Å². The summed E-state index contributed by atoms with van der Waals surface area (Å²) >= 11 is 1.34. The van der Waals surface area contributed by atoms with Gasteiger partial charge in [0.05, 0.1) is 20.0 Å². The minimum absolute atomic E-state index is 0.00562. The molecule has 0 aromatic heterocycles. The van der Waals surface area contributed by atoms with Crippen molar-refractivity contribution < 1.29 is 23.9 Å². The van der Waals surface area contributed by atoms with Gasteiger partial charge in [0.2, 0.25) is 5.91 Å². The molecule has 0 aliphatic carbocycles. The third-order valence-electron chi connectivity index (χ3n) is 6.14. The standard InChI is InChI=1S/C33H31N3O5S/c1-22-11-7-8-17-27(22)35-30(37)21-42-26-16-10-15-25(20-26)34-33(39)28(36-32(38)23-12-5-4-6-13-23)19-24-14-9-18-29(40-2)31(24)41-3/h4-20H,21H2,1-3H3,(H,34,39)(H,35,37)(H,36,38)/b28-19+. The summed E-state index contributed by atoms with van der Waals surface area (Å²) in [6.07, 6.45) is 1.53. The van der Waals surface area contributed by atoms with Gasteiger partial charge in [0, 0.05) is 27.4 Å². The van der Waals surface area contributed by atoms with Crippen LogP contribution in [0, 0.1) is 6.92 Å². The second-order valence-corrected chi connectivity index (χ2v) is 10.1. The lowest BCUT2D eigenvalue weighted by Gasteiger charge is -2.14. The van der Waals surface area contributed by atoms with E-state index < -0.39 is 11.8 Å². The Bertz CT molecular complexity index is 1600. The first-order chi connectivity index (χ1) is 20.4. The van der Waals surface area contributed by atoms with Crippen molar-refractivity contribution in [2.24, 2.45) is 0 Å². The zero-order valence-electron chi connectivity index (χ0n) is 23.5. The minimum atomic E-state index is -0.538. The molecule has 4 aromatic carbocycles. The highest BCUT2D eigenvalue weighted by Crippen LogP contribution is 2.32. The molecule has 0 saturated heterocycles. The summed E-state index contributed by atoms with van der Waals surface area (Å²) < 4.78 is 10.9. The zero-order chi connectivity index (χ0) is 29.9. The molecule has 0 radical (unpaired) electrons. The molecule has 0 aliphatic heterocycles. The topological polar surface area (TPSA) is 106 Å². The molecule has 0 fully saturated rings. The van der Waals surface area contributed by atoms with E-state index in [1.807, 2.05) is 37.3 Å². The molecule has 0 heterocycles. The molecular weight excluding hydrogens is 550 g/mol. The number of para-hydroxylation sites is 2. The largest absolute Gasteiger partial charge is 0.493 e. The van der Waals surface area contributed by atoms with E-state index in [0.29, 0.717) is 28.3 Å². The second-order valence-electron chi connectivity index (χ2n) is 9.09. The van der Waals surface area contributed by atoms with Crippen LogP contribution in [-0.2, 0) is 9.59 Å². The van der Waals surface area contributed by atoms with Crippen LogP contribution in [0.2, 0.25) is 0 Å². The molecule has 0 atom stereocenters. The van der Waals surface area contributed by atoms with Crippen LogP contribution in [0.4, 0.5) is 11.4 Å². The average molecular weight is 582 g/mol. The molecule has 4 rings (SSSR count). The van der Waals surface area contributed by atoms with E-state index in [1.54, 1.807) is 66.7 Å². The van der Waals surface area contributed by atoms with E-state index in [0.717, 1.165) is 16.1 Å². The van der Waals surface area contributed by atoms with E-state index in [-0.39, 0.29) is 17.4 Å². The number of nitrogens with one attached hydrogen (secondary N) is 3. The number of carbonyl (C=O) groups excluding carboxylic acids is 3. The van der Waals surface area contributed by atoms with Crippen LogP contribution in [0.3, 0.4) is 0 Å². The molecule has 3 amide bonds. The van der Waals surface area contributed by atoms with Crippen LogP contribution in [-0.4, -0.2) is 37.7 Å². The van der Waals surface area contributed by atoms with Crippen LogP contribution < -0.4 is 25.4 Å². The lowest BCUT2D eigenvalue weighted by atomic mass is 10.1. The summed E-state index contributed by atoms with van der Waals surface area (Å²) in [6, 6.07) is 28.6. The fourth-order valence-corrected chi connectivity index (χ4v) is 4.79. The van der Waals surface area contributed by atoms with Crippen LogP contribution in [0.1, 0.15) is 21.5 Å². The van der Waals surface area contributed by atoms with Gasteiger partial charge in [0.15, 0.2) is 11.5 Å². The van der Waals surface area contributed by atoms with E-state index in [1.165, 1.54) is 32.1 Å². The maximum absolute atomic E-state index is 13.5. The first-order valence-corrected chi connectivity index (χ1v) is 14.0. The smallest absolute Gasteiger partial charge is 0.272 e. The molecule has 42 heavy (non-hydrogen) atoms. The molecule has 4 aromatic rings. The number of thioether (sulfide) groups is 1. The zero-order valence-corrected chi connectivity index (χ0v) is 24.3. The monoisotopic (exact) mass is 581 g/mol. The van der Waals surface area contributed by atoms with Gasteiger partial charge in [-0.05, 0) is 61.0 Å². The molecule has 0 aliphatic rings. The summed E-state index contributed by atoms with van der Waals surface area (Å²) in [6.45, 7) is 1.93. The van der Waals surface area contributed by atoms with E-state index >= 15 is 0 Å². The van der Waals surface area contributed by atoms with Gasteiger partial charge in [-0.3, -0.25) is 14.4 Å². The maximum Gasteiger partial charge on any atom is 0.272 e. The summed E-state index contributed by atoms with van der Waals surface area (Å²) in [4.78, 5) is 39.8. The Morgan fingerprint density at radius 3 is 2.29 bits per heavy atom.